The van der Waals surface area contributed by atoms with Crippen molar-refractivity contribution in [2.75, 3.05) is 0 Å². The molecule has 2 aliphatic carbocycles. The van der Waals surface area contributed by atoms with E-state index in [2.05, 4.69) is 175 Å². The van der Waals surface area contributed by atoms with Gasteiger partial charge in [-0.1, -0.05) is 140 Å². The molecule has 1 spiro atoms. The molecule has 0 saturated carbocycles. The van der Waals surface area contributed by atoms with Gasteiger partial charge in [-0.2, -0.15) is 0 Å². The number of fused-ring (bicyclic) bond motifs is 9. The third kappa shape index (κ3) is 4.03. The molecule has 1 atom stereocenters. The van der Waals surface area contributed by atoms with Gasteiger partial charge in [0.2, 0.25) is 0 Å². The van der Waals surface area contributed by atoms with Gasteiger partial charge >= 0.3 is 0 Å². The van der Waals surface area contributed by atoms with Gasteiger partial charge in [-0.3, -0.25) is 0 Å². The van der Waals surface area contributed by atoms with Crippen molar-refractivity contribution in [3.8, 4) is 22.6 Å². The molecule has 0 amide bonds. The first-order chi connectivity index (χ1) is 25.3. The van der Waals surface area contributed by atoms with Crippen molar-refractivity contribution < 1.29 is 4.74 Å². The van der Waals surface area contributed by atoms with Gasteiger partial charge in [0.25, 0.3) is 0 Å². The third-order valence-corrected chi connectivity index (χ3v) is 11.2. The molecule has 0 saturated heterocycles. The van der Waals surface area contributed by atoms with Crippen LogP contribution in [-0.2, 0) is 11.8 Å². The van der Waals surface area contributed by atoms with Crippen LogP contribution in [0.25, 0.3) is 33.7 Å². The van der Waals surface area contributed by atoms with Gasteiger partial charge in [-0.15, -0.1) is 0 Å². The Balaban J connectivity index is 1.16. The van der Waals surface area contributed by atoms with Gasteiger partial charge in [0.15, 0.2) is 0 Å². The SMILES string of the molecule is C1=Cc2cc(C3C=C(c4cccc5c4Oc4ccccc4C54c5ccccc5-c5ccccc54)N=C(c4ccccc4)N3)cc3cccc(c23)C1. The first kappa shape index (κ1) is 28.4. The zero-order chi connectivity index (χ0) is 33.5. The summed E-state index contributed by atoms with van der Waals surface area (Å²) in [5, 5.41) is 6.43. The van der Waals surface area contributed by atoms with Crippen LogP contribution in [0.15, 0.2) is 169 Å². The minimum absolute atomic E-state index is 0.110. The van der Waals surface area contributed by atoms with Gasteiger partial charge in [-0.25, -0.2) is 4.99 Å². The number of hydrogen-bond acceptors (Lipinski definition) is 3. The van der Waals surface area contributed by atoms with E-state index in [-0.39, 0.29) is 6.04 Å². The Kier molecular flexibility index (Phi) is 6.00. The van der Waals surface area contributed by atoms with Crippen LogP contribution >= 0.6 is 0 Å². The molecule has 4 aliphatic rings. The number of para-hydroxylation sites is 2. The summed E-state index contributed by atoms with van der Waals surface area (Å²) in [5.74, 6) is 2.57. The Morgan fingerprint density at radius 2 is 1.31 bits per heavy atom. The fourth-order valence-electron chi connectivity index (χ4n) is 9.05. The minimum Gasteiger partial charge on any atom is -0.456 e. The molecule has 0 radical (unpaired) electrons. The molecule has 51 heavy (non-hydrogen) atoms. The molecule has 0 aromatic heterocycles. The zero-order valence-corrected chi connectivity index (χ0v) is 27.8. The highest BCUT2D eigenvalue weighted by Gasteiger charge is 2.51. The van der Waals surface area contributed by atoms with Gasteiger partial charge < -0.3 is 10.1 Å². The Hall–Kier alpha value is -6.45. The van der Waals surface area contributed by atoms with E-state index in [1.807, 2.05) is 0 Å². The van der Waals surface area contributed by atoms with Crippen molar-refractivity contribution in [2.45, 2.75) is 17.9 Å². The molecule has 7 aromatic rings. The first-order valence-electron chi connectivity index (χ1n) is 17.7. The maximum absolute atomic E-state index is 7.04. The van der Waals surface area contributed by atoms with E-state index >= 15 is 0 Å². The van der Waals surface area contributed by atoms with Gasteiger partial charge in [0.1, 0.15) is 17.3 Å². The molecule has 1 unspecified atom stereocenters. The number of amidine groups is 1. The topological polar surface area (TPSA) is 33.6 Å². The molecule has 11 rings (SSSR count). The second-order valence-corrected chi connectivity index (χ2v) is 13.9. The number of ether oxygens (including phenoxy) is 1. The molecule has 0 bridgehead atoms. The van der Waals surface area contributed by atoms with E-state index in [1.165, 1.54) is 49.7 Å². The zero-order valence-electron chi connectivity index (χ0n) is 27.8. The lowest BCUT2D eigenvalue weighted by Crippen LogP contribution is -2.33. The van der Waals surface area contributed by atoms with Gasteiger partial charge in [0.05, 0.1) is 17.2 Å². The van der Waals surface area contributed by atoms with Crippen molar-refractivity contribution in [2.24, 2.45) is 4.99 Å². The van der Waals surface area contributed by atoms with Crippen molar-refractivity contribution in [1.29, 1.82) is 0 Å². The van der Waals surface area contributed by atoms with E-state index in [4.69, 9.17) is 9.73 Å². The fraction of sp³-hybridized carbons (Fsp3) is 0.0625. The molecule has 3 nitrogen and oxygen atoms in total. The van der Waals surface area contributed by atoms with Crippen LogP contribution < -0.4 is 10.1 Å². The summed E-state index contributed by atoms with van der Waals surface area (Å²) in [6.45, 7) is 0. The number of nitrogens with one attached hydrogen (secondary N) is 1. The summed E-state index contributed by atoms with van der Waals surface area (Å²) >= 11 is 0. The molecular formula is C48H32N2O. The van der Waals surface area contributed by atoms with Crippen molar-refractivity contribution in [3.63, 3.8) is 0 Å². The number of benzene rings is 7. The number of hydrogen-bond donors (Lipinski definition) is 1. The van der Waals surface area contributed by atoms with Crippen LogP contribution in [0, 0.1) is 0 Å². The predicted molar refractivity (Wildman–Crippen MR) is 207 cm³/mol. The van der Waals surface area contributed by atoms with Crippen LogP contribution in [0.4, 0.5) is 0 Å². The summed E-state index contributed by atoms with van der Waals surface area (Å²) in [7, 11) is 0. The average Bonchev–Trinajstić information content (AvgIpc) is 3.49. The summed E-state index contributed by atoms with van der Waals surface area (Å²) in [4.78, 5) is 5.37. The molecule has 3 heteroatoms. The maximum atomic E-state index is 7.04. The van der Waals surface area contributed by atoms with Crippen LogP contribution in [0.5, 0.6) is 11.5 Å². The van der Waals surface area contributed by atoms with Crippen molar-refractivity contribution in [1.82, 2.24) is 5.32 Å². The predicted octanol–water partition coefficient (Wildman–Crippen LogP) is 11.0. The fourth-order valence-corrected chi connectivity index (χ4v) is 9.05. The van der Waals surface area contributed by atoms with Crippen LogP contribution in [0.3, 0.4) is 0 Å². The van der Waals surface area contributed by atoms with Crippen LogP contribution in [0.2, 0.25) is 0 Å². The quantitative estimate of drug-likeness (QED) is 0.206. The second-order valence-electron chi connectivity index (χ2n) is 13.9. The third-order valence-electron chi connectivity index (χ3n) is 11.2. The molecule has 2 aliphatic heterocycles. The first-order valence-corrected chi connectivity index (χ1v) is 17.7. The largest absolute Gasteiger partial charge is 0.456 e. The minimum atomic E-state index is -0.530. The Labute approximate surface area is 296 Å². The second kappa shape index (κ2) is 10.8. The van der Waals surface area contributed by atoms with Crippen molar-refractivity contribution in [3.05, 3.63) is 214 Å². The monoisotopic (exact) mass is 652 g/mol. The summed E-state index contributed by atoms with van der Waals surface area (Å²) in [6, 6.07) is 54.6. The van der Waals surface area contributed by atoms with Gasteiger partial charge in [-0.05, 0) is 86.5 Å². The number of nitrogens with zero attached hydrogens (tertiary/aromatic N) is 1. The molecule has 240 valence electrons. The van der Waals surface area contributed by atoms with Crippen LogP contribution in [0.1, 0.15) is 56.1 Å². The highest BCUT2D eigenvalue weighted by molar-refractivity contribution is 6.04. The Morgan fingerprint density at radius 3 is 2.14 bits per heavy atom. The van der Waals surface area contributed by atoms with E-state index in [0.29, 0.717) is 0 Å². The normalized spacial score (nSPS) is 17.0. The number of aliphatic imine (C=N–C) groups is 1. The average molecular weight is 653 g/mol. The Bertz CT molecular complexity index is 2640. The Morgan fingerprint density at radius 1 is 0.627 bits per heavy atom. The molecule has 1 N–H and O–H groups in total. The van der Waals surface area contributed by atoms with E-state index in [9.17, 15) is 0 Å². The summed E-state index contributed by atoms with van der Waals surface area (Å²) in [5.41, 5.74) is 13.6. The lowest BCUT2D eigenvalue weighted by atomic mass is 9.65. The van der Waals surface area contributed by atoms with Crippen LogP contribution in [-0.4, -0.2) is 5.84 Å². The molecular weight excluding hydrogens is 621 g/mol. The smallest absolute Gasteiger partial charge is 0.141 e. The highest BCUT2D eigenvalue weighted by Crippen LogP contribution is 2.62. The molecule has 0 fully saturated rings. The van der Waals surface area contributed by atoms with Crippen molar-refractivity contribution >= 4 is 28.4 Å². The maximum Gasteiger partial charge on any atom is 0.141 e. The summed E-state index contributed by atoms with van der Waals surface area (Å²) < 4.78 is 7.04. The molecule has 7 aromatic carbocycles. The van der Waals surface area contributed by atoms with Gasteiger partial charge in [0, 0.05) is 22.3 Å². The number of rotatable bonds is 3. The lowest BCUT2D eigenvalue weighted by Gasteiger charge is -2.40. The highest BCUT2D eigenvalue weighted by atomic mass is 16.5. The van der Waals surface area contributed by atoms with E-state index in [1.54, 1.807) is 0 Å². The standard InChI is InChI=1S/C48H32N2O/c1-2-13-31(14-3-1)47-49-42(34-27-32-17-10-15-30-16-11-18-33(28-34)45(30)32)29-43(50-47)37-21-12-25-41-46(37)51-44-26-9-8-24-40(44)48(41)38-22-6-4-19-35(38)36-20-5-7-23-39(36)48/h1-15,17-29,42H,16H2,(H,49,50). The molecule has 2 heterocycles. The van der Waals surface area contributed by atoms with E-state index < -0.39 is 5.41 Å². The summed E-state index contributed by atoms with van der Waals surface area (Å²) in [6.07, 6.45) is 7.79. The number of allylic oxidation sites excluding steroid dienone is 1. The van der Waals surface area contributed by atoms with E-state index in [0.717, 1.165) is 51.7 Å². The lowest BCUT2D eigenvalue weighted by molar-refractivity contribution is 0.435.